The van der Waals surface area contributed by atoms with E-state index in [0.29, 0.717) is 0 Å². The molecule has 2 rings (SSSR count). The minimum Gasteiger partial charge on any atom is -0.476 e. The molecule has 1 aromatic heterocycles. The van der Waals surface area contributed by atoms with Crippen molar-refractivity contribution in [3.63, 3.8) is 0 Å². The summed E-state index contributed by atoms with van der Waals surface area (Å²) in [6, 6.07) is 9.21. The Balaban J connectivity index is 1.95. The number of anilines is 1. The average molecular weight is 349 g/mol. The highest BCUT2D eigenvalue weighted by molar-refractivity contribution is 7.14. The van der Waals surface area contributed by atoms with Crippen LogP contribution in [0.3, 0.4) is 0 Å². The quantitative estimate of drug-likeness (QED) is 0.587. The summed E-state index contributed by atoms with van der Waals surface area (Å²) in [5.41, 5.74) is 0.614. The van der Waals surface area contributed by atoms with Gasteiger partial charge >= 0.3 is 12.1 Å². The Kier molecular flexibility index (Phi) is 6.26. The van der Waals surface area contributed by atoms with Crippen LogP contribution in [0.15, 0.2) is 40.9 Å². The number of benzene rings is 1. The number of carboxylic acid groups (broad SMARTS) is 1. The van der Waals surface area contributed by atoms with Gasteiger partial charge in [0.15, 0.2) is 5.13 Å². The number of nitrogens with zero attached hydrogens (tertiary/aromatic N) is 2. The molecule has 0 atom stereocenters. The highest BCUT2D eigenvalue weighted by Crippen LogP contribution is 2.17. The van der Waals surface area contributed by atoms with Crippen molar-refractivity contribution in [2.24, 2.45) is 5.16 Å². The van der Waals surface area contributed by atoms with Gasteiger partial charge in [0.2, 0.25) is 5.71 Å². The fourth-order valence-electron chi connectivity index (χ4n) is 1.61. The van der Waals surface area contributed by atoms with Crippen molar-refractivity contribution >= 4 is 34.2 Å². The number of ether oxygens (including phenoxy) is 1. The first-order valence-electron chi connectivity index (χ1n) is 6.97. The number of aromatic nitrogens is 1. The van der Waals surface area contributed by atoms with Crippen molar-refractivity contribution < 1.29 is 24.3 Å². The number of amides is 1. The molecule has 0 bridgehead atoms. The van der Waals surface area contributed by atoms with Crippen molar-refractivity contribution in [2.45, 2.75) is 13.5 Å². The molecule has 1 heterocycles. The van der Waals surface area contributed by atoms with E-state index in [0.717, 1.165) is 16.9 Å². The van der Waals surface area contributed by atoms with E-state index in [1.165, 1.54) is 5.38 Å². The standard InChI is InChI=1S/C15H15N3O5S/c1-2-23-18-12(13(19)20)11-9-24-14(16-11)17-15(21)22-8-10-6-4-3-5-7-10/h3-7,9H,2,8H2,1H3,(H,19,20)(H,16,17,21). The van der Waals surface area contributed by atoms with E-state index in [1.54, 1.807) is 6.92 Å². The van der Waals surface area contributed by atoms with E-state index >= 15 is 0 Å². The SMILES string of the molecule is CCON=C(C(=O)O)c1csc(NC(=O)OCc2ccccc2)n1. The number of hydrogen-bond acceptors (Lipinski definition) is 7. The van der Waals surface area contributed by atoms with Crippen molar-refractivity contribution in [1.29, 1.82) is 0 Å². The molecule has 8 nitrogen and oxygen atoms in total. The predicted octanol–water partition coefficient (Wildman–Crippen LogP) is 2.72. The lowest BCUT2D eigenvalue weighted by atomic mass is 10.2. The van der Waals surface area contributed by atoms with Crippen LogP contribution in [0, 0.1) is 0 Å². The van der Waals surface area contributed by atoms with Crippen LogP contribution in [0.5, 0.6) is 0 Å². The van der Waals surface area contributed by atoms with E-state index in [2.05, 4.69) is 15.5 Å². The van der Waals surface area contributed by atoms with Gasteiger partial charge in [-0.15, -0.1) is 11.3 Å². The summed E-state index contributed by atoms with van der Waals surface area (Å²) in [7, 11) is 0. The summed E-state index contributed by atoms with van der Waals surface area (Å²) in [5, 5.41) is 16.7. The zero-order valence-electron chi connectivity index (χ0n) is 12.8. The molecule has 0 unspecified atom stereocenters. The minimum atomic E-state index is -1.27. The molecule has 2 aromatic rings. The van der Waals surface area contributed by atoms with Crippen LogP contribution in [0.1, 0.15) is 18.2 Å². The van der Waals surface area contributed by atoms with Gasteiger partial charge in [0.25, 0.3) is 0 Å². The molecular formula is C15H15N3O5S. The molecule has 0 radical (unpaired) electrons. The van der Waals surface area contributed by atoms with Crippen LogP contribution < -0.4 is 5.32 Å². The molecule has 126 valence electrons. The summed E-state index contributed by atoms with van der Waals surface area (Å²) in [6.45, 7) is 2.04. The first kappa shape index (κ1) is 17.4. The Morgan fingerprint density at radius 1 is 1.33 bits per heavy atom. The van der Waals surface area contributed by atoms with Crippen LogP contribution in [0.4, 0.5) is 9.93 Å². The lowest BCUT2D eigenvalue weighted by molar-refractivity contribution is -0.129. The smallest absolute Gasteiger partial charge is 0.413 e. The van der Waals surface area contributed by atoms with E-state index in [9.17, 15) is 9.59 Å². The fraction of sp³-hybridized carbons (Fsp3) is 0.200. The molecule has 0 saturated heterocycles. The van der Waals surface area contributed by atoms with Gasteiger partial charge in [-0.2, -0.15) is 0 Å². The summed E-state index contributed by atoms with van der Waals surface area (Å²) in [4.78, 5) is 31.6. The highest BCUT2D eigenvalue weighted by atomic mass is 32.1. The number of thiazole rings is 1. The molecule has 1 aromatic carbocycles. The lowest BCUT2D eigenvalue weighted by Gasteiger charge is -2.04. The first-order valence-corrected chi connectivity index (χ1v) is 7.85. The van der Waals surface area contributed by atoms with Gasteiger partial charge in [-0.1, -0.05) is 35.5 Å². The number of carboxylic acids is 1. The average Bonchev–Trinajstić information content (AvgIpc) is 3.02. The Labute approximate surface area is 141 Å². The molecule has 24 heavy (non-hydrogen) atoms. The van der Waals surface area contributed by atoms with E-state index in [-0.39, 0.29) is 29.8 Å². The molecule has 0 saturated carbocycles. The molecule has 0 fully saturated rings. The fourth-order valence-corrected chi connectivity index (χ4v) is 2.29. The maximum atomic E-state index is 11.7. The summed E-state index contributed by atoms with van der Waals surface area (Å²) >= 11 is 1.06. The maximum Gasteiger partial charge on any atom is 0.413 e. The van der Waals surface area contributed by atoms with Crippen molar-refractivity contribution in [1.82, 2.24) is 4.98 Å². The second kappa shape index (κ2) is 8.63. The van der Waals surface area contributed by atoms with Crippen LogP contribution >= 0.6 is 11.3 Å². The highest BCUT2D eigenvalue weighted by Gasteiger charge is 2.18. The number of rotatable bonds is 7. The normalized spacial score (nSPS) is 11.0. The Hall–Kier alpha value is -2.94. The van der Waals surface area contributed by atoms with Crippen LogP contribution in [-0.2, 0) is 21.0 Å². The molecule has 2 N–H and O–H groups in total. The topological polar surface area (TPSA) is 110 Å². The van der Waals surface area contributed by atoms with Gasteiger partial charge < -0.3 is 14.7 Å². The molecule has 0 spiro atoms. The zero-order chi connectivity index (χ0) is 17.4. The minimum absolute atomic E-state index is 0.0966. The van der Waals surface area contributed by atoms with E-state index < -0.39 is 12.1 Å². The Morgan fingerprint density at radius 3 is 2.75 bits per heavy atom. The number of nitrogens with one attached hydrogen (secondary N) is 1. The molecule has 0 aliphatic heterocycles. The number of oxime groups is 1. The van der Waals surface area contributed by atoms with Crippen LogP contribution in [0.25, 0.3) is 0 Å². The van der Waals surface area contributed by atoms with Gasteiger partial charge in [-0.25, -0.2) is 14.6 Å². The summed E-state index contributed by atoms with van der Waals surface area (Å²) in [5.74, 6) is -1.27. The van der Waals surface area contributed by atoms with Gasteiger partial charge in [0, 0.05) is 5.38 Å². The van der Waals surface area contributed by atoms with Gasteiger partial charge in [0.1, 0.15) is 18.9 Å². The van der Waals surface area contributed by atoms with Gasteiger partial charge in [0.05, 0.1) is 0 Å². The molecular weight excluding hydrogens is 334 g/mol. The van der Waals surface area contributed by atoms with Gasteiger partial charge in [-0.05, 0) is 12.5 Å². The zero-order valence-corrected chi connectivity index (χ0v) is 13.6. The Morgan fingerprint density at radius 2 is 2.08 bits per heavy atom. The summed E-state index contributed by atoms with van der Waals surface area (Å²) < 4.78 is 5.06. The Bertz CT molecular complexity index is 730. The van der Waals surface area contributed by atoms with Crippen LogP contribution in [-0.4, -0.2) is 34.5 Å². The number of hydrogen-bond donors (Lipinski definition) is 2. The third kappa shape index (κ3) is 5.06. The van der Waals surface area contributed by atoms with Crippen LogP contribution in [0.2, 0.25) is 0 Å². The monoisotopic (exact) mass is 349 g/mol. The van der Waals surface area contributed by atoms with Crippen molar-refractivity contribution in [3.8, 4) is 0 Å². The summed E-state index contributed by atoms with van der Waals surface area (Å²) in [6.07, 6.45) is -0.682. The molecule has 0 aliphatic rings. The maximum absolute atomic E-state index is 11.7. The second-order valence-electron chi connectivity index (χ2n) is 4.39. The number of carbonyl (C=O) groups excluding carboxylic acids is 1. The number of carbonyl (C=O) groups is 2. The van der Waals surface area contributed by atoms with Gasteiger partial charge in [-0.3, -0.25) is 5.32 Å². The van der Waals surface area contributed by atoms with Crippen molar-refractivity contribution in [3.05, 3.63) is 47.0 Å². The first-order chi connectivity index (χ1) is 11.6. The molecule has 0 aliphatic carbocycles. The predicted molar refractivity (Wildman–Crippen MR) is 88.2 cm³/mol. The largest absolute Gasteiger partial charge is 0.476 e. The van der Waals surface area contributed by atoms with Crippen molar-refractivity contribution in [2.75, 3.05) is 11.9 Å². The third-order valence-corrected chi connectivity index (χ3v) is 3.41. The second-order valence-corrected chi connectivity index (χ2v) is 5.25. The number of aliphatic carboxylic acids is 1. The molecule has 9 heteroatoms. The lowest BCUT2D eigenvalue weighted by Crippen LogP contribution is -2.17. The van der Waals surface area contributed by atoms with E-state index in [4.69, 9.17) is 14.7 Å². The molecule has 1 amide bonds. The third-order valence-electron chi connectivity index (χ3n) is 2.66. The van der Waals surface area contributed by atoms with E-state index in [1.807, 2.05) is 30.3 Å².